The summed E-state index contributed by atoms with van der Waals surface area (Å²) in [5, 5.41) is 12.1. The molecule has 0 amide bonds. The van der Waals surface area contributed by atoms with Crippen LogP contribution in [0.5, 0.6) is 0 Å². The number of aromatic nitrogens is 2. The molecule has 0 saturated carbocycles. The van der Waals surface area contributed by atoms with E-state index < -0.39 is 0 Å². The van der Waals surface area contributed by atoms with E-state index in [2.05, 4.69) is 188 Å². The molecule has 3 nitrogen and oxygen atoms in total. The zero-order valence-corrected chi connectivity index (χ0v) is 35.2. The molecule has 0 spiro atoms. The highest BCUT2D eigenvalue weighted by Crippen LogP contribution is 2.48. The SMILES string of the molecule is c1ccc(-c2nc(-c3ccc(-c4ccc(-c5c6ccccc6c(-c6ccccc6)c6c5ccc5ccccc56)c5ccccc45)cc3)cc(-c3cccc4oc5ccccc5c34)n2)cc1. The van der Waals surface area contributed by atoms with Gasteiger partial charge in [0.15, 0.2) is 5.82 Å². The lowest BCUT2D eigenvalue weighted by Crippen LogP contribution is -1.96. The van der Waals surface area contributed by atoms with Crippen LogP contribution in [0.1, 0.15) is 0 Å². The van der Waals surface area contributed by atoms with Gasteiger partial charge in [-0.25, -0.2) is 9.97 Å². The number of furan rings is 1. The summed E-state index contributed by atoms with van der Waals surface area (Å²) in [5.41, 5.74) is 13.7. The van der Waals surface area contributed by atoms with Crippen LogP contribution in [0.25, 0.3) is 132 Å². The Bertz CT molecular complexity index is 3980. The second-order valence-electron chi connectivity index (χ2n) is 16.8. The molecule has 0 radical (unpaired) electrons. The van der Waals surface area contributed by atoms with Gasteiger partial charge in [-0.05, 0) is 94.7 Å². The van der Waals surface area contributed by atoms with Gasteiger partial charge in [-0.2, -0.15) is 0 Å². The first-order chi connectivity index (χ1) is 32.2. The lowest BCUT2D eigenvalue weighted by Gasteiger charge is -2.21. The van der Waals surface area contributed by atoms with Crippen molar-refractivity contribution in [1.82, 2.24) is 9.97 Å². The minimum atomic E-state index is 0.679. The van der Waals surface area contributed by atoms with E-state index in [0.717, 1.165) is 55.6 Å². The number of benzene rings is 11. The first-order valence-corrected chi connectivity index (χ1v) is 22.1. The topological polar surface area (TPSA) is 38.9 Å². The molecule has 13 rings (SSSR count). The molecule has 0 saturated heterocycles. The Morgan fingerprint density at radius 3 is 1.62 bits per heavy atom. The first kappa shape index (κ1) is 36.9. The molecule has 302 valence electrons. The van der Waals surface area contributed by atoms with E-state index in [1.54, 1.807) is 0 Å². The molecule has 13 aromatic rings. The third kappa shape index (κ3) is 6.05. The summed E-state index contributed by atoms with van der Waals surface area (Å²) in [7, 11) is 0. The van der Waals surface area contributed by atoms with Crippen molar-refractivity contribution >= 4 is 65.0 Å². The highest BCUT2D eigenvalue weighted by Gasteiger charge is 2.21. The lowest BCUT2D eigenvalue weighted by molar-refractivity contribution is 0.669. The van der Waals surface area contributed by atoms with Crippen LogP contribution >= 0.6 is 0 Å². The zero-order valence-electron chi connectivity index (χ0n) is 35.2. The Balaban J connectivity index is 0.969. The van der Waals surface area contributed by atoms with Gasteiger partial charge in [0.2, 0.25) is 0 Å². The molecule has 0 N–H and O–H groups in total. The van der Waals surface area contributed by atoms with Crippen LogP contribution in [0.4, 0.5) is 0 Å². The van der Waals surface area contributed by atoms with Crippen molar-refractivity contribution < 1.29 is 4.42 Å². The van der Waals surface area contributed by atoms with Crippen LogP contribution in [0.3, 0.4) is 0 Å². The first-order valence-electron chi connectivity index (χ1n) is 22.1. The van der Waals surface area contributed by atoms with Crippen molar-refractivity contribution in [3.05, 3.63) is 231 Å². The van der Waals surface area contributed by atoms with Crippen molar-refractivity contribution in [2.24, 2.45) is 0 Å². The van der Waals surface area contributed by atoms with Gasteiger partial charge < -0.3 is 4.42 Å². The highest BCUT2D eigenvalue weighted by molar-refractivity contribution is 6.29. The molecule has 0 aliphatic carbocycles. The Hall–Kier alpha value is -8.66. The van der Waals surface area contributed by atoms with Crippen molar-refractivity contribution in [2.75, 3.05) is 0 Å². The summed E-state index contributed by atoms with van der Waals surface area (Å²) in [5.74, 6) is 0.679. The summed E-state index contributed by atoms with van der Waals surface area (Å²) in [6.45, 7) is 0. The van der Waals surface area contributed by atoms with Gasteiger partial charge in [0.05, 0.1) is 11.4 Å². The Morgan fingerprint density at radius 2 is 0.846 bits per heavy atom. The van der Waals surface area contributed by atoms with Crippen molar-refractivity contribution in [1.29, 1.82) is 0 Å². The van der Waals surface area contributed by atoms with Gasteiger partial charge in [-0.1, -0.05) is 212 Å². The van der Waals surface area contributed by atoms with Gasteiger partial charge in [0.25, 0.3) is 0 Å². The molecular weight excluding hydrogens is 789 g/mol. The summed E-state index contributed by atoms with van der Waals surface area (Å²) in [6, 6.07) is 82.4. The molecule has 0 atom stereocenters. The molecule has 11 aromatic carbocycles. The zero-order chi connectivity index (χ0) is 42.8. The van der Waals surface area contributed by atoms with E-state index >= 15 is 0 Å². The third-order valence-electron chi connectivity index (χ3n) is 13.1. The Labute approximate surface area is 375 Å². The Kier molecular flexibility index (Phi) is 8.53. The van der Waals surface area contributed by atoms with Gasteiger partial charge in [0.1, 0.15) is 11.2 Å². The van der Waals surface area contributed by atoms with Crippen LogP contribution < -0.4 is 0 Å². The average molecular weight is 827 g/mol. The molecule has 0 fully saturated rings. The van der Waals surface area contributed by atoms with Crippen LogP contribution in [0, 0.1) is 0 Å². The van der Waals surface area contributed by atoms with Crippen LogP contribution in [-0.4, -0.2) is 9.97 Å². The van der Waals surface area contributed by atoms with Crippen LogP contribution in [0.2, 0.25) is 0 Å². The molecule has 0 aliphatic heterocycles. The monoisotopic (exact) mass is 826 g/mol. The molecule has 0 unspecified atom stereocenters. The molecule has 0 bridgehead atoms. The van der Waals surface area contributed by atoms with Crippen LogP contribution in [0.15, 0.2) is 235 Å². The van der Waals surface area contributed by atoms with E-state index in [9.17, 15) is 0 Å². The maximum atomic E-state index is 6.29. The molecule has 2 aromatic heterocycles. The largest absolute Gasteiger partial charge is 0.456 e. The molecule has 3 heteroatoms. The number of nitrogens with zero attached hydrogens (tertiary/aromatic N) is 2. The predicted octanol–water partition coefficient (Wildman–Crippen LogP) is 17.0. The van der Waals surface area contributed by atoms with Crippen LogP contribution in [-0.2, 0) is 0 Å². The van der Waals surface area contributed by atoms with Gasteiger partial charge in [-0.15, -0.1) is 0 Å². The maximum Gasteiger partial charge on any atom is 0.160 e. The fourth-order valence-corrected chi connectivity index (χ4v) is 10.2. The average Bonchev–Trinajstić information content (AvgIpc) is 3.77. The van der Waals surface area contributed by atoms with Crippen molar-refractivity contribution in [3.63, 3.8) is 0 Å². The smallest absolute Gasteiger partial charge is 0.160 e. The third-order valence-corrected chi connectivity index (χ3v) is 13.1. The summed E-state index contributed by atoms with van der Waals surface area (Å²) in [4.78, 5) is 10.4. The highest BCUT2D eigenvalue weighted by atomic mass is 16.3. The van der Waals surface area contributed by atoms with Gasteiger partial charge in [0, 0.05) is 27.5 Å². The van der Waals surface area contributed by atoms with Gasteiger partial charge in [-0.3, -0.25) is 0 Å². The molecular formula is C62H38N2O. The van der Waals surface area contributed by atoms with Crippen molar-refractivity contribution in [3.8, 4) is 67.3 Å². The number of hydrogen-bond acceptors (Lipinski definition) is 3. The summed E-state index contributed by atoms with van der Waals surface area (Å²) in [6.07, 6.45) is 0. The number of rotatable bonds is 6. The second kappa shape index (κ2) is 15.0. The second-order valence-corrected chi connectivity index (χ2v) is 16.8. The normalized spacial score (nSPS) is 11.7. The van der Waals surface area contributed by atoms with E-state index in [1.807, 2.05) is 42.5 Å². The van der Waals surface area contributed by atoms with E-state index in [4.69, 9.17) is 14.4 Å². The molecule has 2 heterocycles. The summed E-state index contributed by atoms with van der Waals surface area (Å²) < 4.78 is 6.29. The molecule has 0 aliphatic rings. The fourth-order valence-electron chi connectivity index (χ4n) is 10.2. The van der Waals surface area contributed by atoms with E-state index in [0.29, 0.717) is 5.82 Å². The van der Waals surface area contributed by atoms with E-state index in [1.165, 1.54) is 70.9 Å². The van der Waals surface area contributed by atoms with E-state index in [-0.39, 0.29) is 0 Å². The lowest BCUT2D eigenvalue weighted by atomic mass is 9.82. The fraction of sp³-hybridized carbons (Fsp3) is 0. The number of hydrogen-bond donors (Lipinski definition) is 0. The number of para-hydroxylation sites is 1. The minimum Gasteiger partial charge on any atom is -0.456 e. The minimum absolute atomic E-state index is 0.679. The van der Waals surface area contributed by atoms with Gasteiger partial charge >= 0.3 is 0 Å². The molecule has 65 heavy (non-hydrogen) atoms. The number of fused-ring (bicyclic) bond motifs is 8. The predicted molar refractivity (Wildman–Crippen MR) is 272 cm³/mol. The maximum absolute atomic E-state index is 6.29. The standard InChI is InChI=1S/C62H38N2O/c1-3-17-42(18-4-1)58-48-24-11-12-25-49(48)59(53-35-34-39-16-7-8-21-45(39)61(53)58)50-37-36-44(46-22-9-10-23-47(46)50)40-30-32-41(33-31-40)54-38-55(64-62(63-54)43-19-5-2-6-20-43)51-27-15-29-57-60(51)52-26-13-14-28-56(52)65-57/h1-38H. The quantitative estimate of drug-likeness (QED) is 0.124. The summed E-state index contributed by atoms with van der Waals surface area (Å²) >= 11 is 0. The van der Waals surface area contributed by atoms with Crippen molar-refractivity contribution in [2.45, 2.75) is 0 Å². The Morgan fingerprint density at radius 1 is 0.277 bits per heavy atom.